The van der Waals surface area contributed by atoms with Gasteiger partial charge in [0, 0.05) is 49.7 Å². The van der Waals surface area contributed by atoms with Crippen LogP contribution in [0.5, 0.6) is 0 Å². The van der Waals surface area contributed by atoms with Crippen LogP contribution < -0.4 is 10.2 Å². The second-order valence-corrected chi connectivity index (χ2v) is 10.1. The van der Waals surface area contributed by atoms with Crippen LogP contribution in [0.2, 0.25) is 0 Å². The number of fused-ring (bicyclic) bond motifs is 2. The molecule has 2 amide bonds. The zero-order chi connectivity index (χ0) is 24.0. The fourth-order valence-corrected chi connectivity index (χ4v) is 5.77. The predicted octanol–water partition coefficient (Wildman–Crippen LogP) is 4.75. The van der Waals surface area contributed by atoms with E-state index in [4.69, 9.17) is 0 Å². The van der Waals surface area contributed by atoms with Crippen LogP contribution in [0.1, 0.15) is 41.6 Å². The molecule has 0 bridgehead atoms. The third-order valence-electron chi connectivity index (χ3n) is 6.60. The Balaban J connectivity index is 1.12. The van der Waals surface area contributed by atoms with Gasteiger partial charge in [-0.2, -0.15) is 0 Å². The number of anilines is 1. The van der Waals surface area contributed by atoms with Crippen molar-refractivity contribution >= 4 is 29.3 Å². The molecule has 3 aromatic rings. The van der Waals surface area contributed by atoms with Crippen LogP contribution in [-0.4, -0.2) is 47.4 Å². The van der Waals surface area contributed by atoms with Gasteiger partial charge in [0.15, 0.2) is 0 Å². The summed E-state index contributed by atoms with van der Waals surface area (Å²) in [7, 11) is 0. The van der Waals surface area contributed by atoms with E-state index < -0.39 is 0 Å². The summed E-state index contributed by atoms with van der Waals surface area (Å²) in [6.07, 6.45) is 4.67. The first-order valence-electron chi connectivity index (χ1n) is 12.3. The number of carbonyl (C=O) groups is 2. The Labute approximate surface area is 210 Å². The van der Waals surface area contributed by atoms with E-state index in [2.05, 4.69) is 39.5 Å². The van der Waals surface area contributed by atoms with Crippen molar-refractivity contribution in [3.63, 3.8) is 0 Å². The maximum atomic E-state index is 13.3. The Morgan fingerprint density at radius 3 is 2.60 bits per heavy atom. The van der Waals surface area contributed by atoms with Gasteiger partial charge in [0.1, 0.15) is 5.03 Å². The first-order valence-corrected chi connectivity index (χ1v) is 13.1. The van der Waals surface area contributed by atoms with Crippen LogP contribution in [0.3, 0.4) is 0 Å². The number of hydrogen-bond acceptors (Lipinski definition) is 5. The van der Waals surface area contributed by atoms with Crippen LogP contribution in [0.4, 0.5) is 5.69 Å². The Bertz CT molecular complexity index is 1180. The monoisotopic (exact) mass is 486 g/mol. The molecule has 7 heteroatoms. The van der Waals surface area contributed by atoms with E-state index in [0.717, 1.165) is 48.1 Å². The molecular weight excluding hydrogens is 456 g/mol. The first kappa shape index (κ1) is 23.6. The van der Waals surface area contributed by atoms with Crippen LogP contribution in [0, 0.1) is 0 Å². The highest BCUT2D eigenvalue weighted by Gasteiger charge is 2.28. The van der Waals surface area contributed by atoms with Gasteiger partial charge in [0.25, 0.3) is 5.91 Å². The number of aromatic nitrogens is 1. The number of para-hydroxylation sites is 1. The summed E-state index contributed by atoms with van der Waals surface area (Å²) in [4.78, 5) is 35.7. The molecule has 2 aliphatic rings. The molecule has 180 valence electrons. The quantitative estimate of drug-likeness (QED) is 0.522. The Kier molecular flexibility index (Phi) is 7.45. The van der Waals surface area contributed by atoms with Crippen molar-refractivity contribution in [1.29, 1.82) is 0 Å². The van der Waals surface area contributed by atoms with Crippen molar-refractivity contribution in [2.24, 2.45) is 0 Å². The normalized spacial score (nSPS) is 16.3. The number of amides is 2. The topological polar surface area (TPSA) is 65.5 Å². The van der Waals surface area contributed by atoms with E-state index in [0.29, 0.717) is 24.9 Å². The zero-order valence-corrected chi connectivity index (χ0v) is 20.5. The van der Waals surface area contributed by atoms with E-state index >= 15 is 0 Å². The largest absolute Gasteiger partial charge is 0.353 e. The summed E-state index contributed by atoms with van der Waals surface area (Å²) in [6, 6.07) is 22.3. The van der Waals surface area contributed by atoms with Crippen molar-refractivity contribution < 1.29 is 9.59 Å². The Hall–Kier alpha value is -3.16. The van der Waals surface area contributed by atoms with E-state index in [1.165, 1.54) is 17.3 Å². The van der Waals surface area contributed by atoms with Gasteiger partial charge in [-0.1, -0.05) is 54.2 Å². The lowest BCUT2D eigenvalue weighted by Crippen LogP contribution is -2.44. The maximum absolute atomic E-state index is 13.3. The van der Waals surface area contributed by atoms with Crippen molar-refractivity contribution in [2.75, 3.05) is 24.5 Å². The molecule has 1 aromatic heterocycles. The van der Waals surface area contributed by atoms with Crippen LogP contribution in [-0.2, 0) is 11.3 Å². The van der Waals surface area contributed by atoms with Gasteiger partial charge in [-0.25, -0.2) is 4.98 Å². The van der Waals surface area contributed by atoms with E-state index in [1.54, 1.807) is 17.2 Å². The molecule has 0 unspecified atom stereocenters. The van der Waals surface area contributed by atoms with E-state index in [-0.39, 0.29) is 17.9 Å². The molecule has 1 saturated heterocycles. The highest BCUT2D eigenvalue weighted by Crippen LogP contribution is 2.40. The molecule has 0 spiro atoms. The van der Waals surface area contributed by atoms with Crippen LogP contribution in [0.15, 0.2) is 82.8 Å². The van der Waals surface area contributed by atoms with Gasteiger partial charge in [0.2, 0.25) is 5.91 Å². The van der Waals surface area contributed by atoms with Crippen molar-refractivity contribution in [1.82, 2.24) is 15.2 Å². The summed E-state index contributed by atoms with van der Waals surface area (Å²) >= 11 is 1.52. The molecule has 1 N–H and O–H groups in total. The maximum Gasteiger partial charge on any atom is 0.261 e. The number of nitrogens with one attached hydrogen (secondary N) is 1. The lowest BCUT2D eigenvalue weighted by Gasteiger charge is -2.32. The van der Waals surface area contributed by atoms with Crippen molar-refractivity contribution in [3.8, 4) is 0 Å². The van der Waals surface area contributed by atoms with Gasteiger partial charge >= 0.3 is 0 Å². The highest BCUT2D eigenvalue weighted by molar-refractivity contribution is 7.99. The van der Waals surface area contributed by atoms with Crippen molar-refractivity contribution in [2.45, 2.75) is 48.2 Å². The number of rotatable bonds is 7. The van der Waals surface area contributed by atoms with E-state index in [9.17, 15) is 9.59 Å². The lowest BCUT2D eigenvalue weighted by atomic mass is 10.0. The van der Waals surface area contributed by atoms with Crippen LogP contribution in [0.25, 0.3) is 0 Å². The number of piperidine rings is 1. The minimum Gasteiger partial charge on any atom is -0.353 e. The van der Waals surface area contributed by atoms with Gasteiger partial charge in [-0.3, -0.25) is 14.5 Å². The average Bonchev–Trinajstić information content (AvgIpc) is 3.00. The predicted molar refractivity (Wildman–Crippen MR) is 139 cm³/mol. The van der Waals surface area contributed by atoms with E-state index in [1.807, 2.05) is 36.4 Å². The smallest absolute Gasteiger partial charge is 0.261 e. The molecule has 0 radical (unpaired) electrons. The summed E-state index contributed by atoms with van der Waals surface area (Å²) in [5, 5.41) is 3.94. The van der Waals surface area contributed by atoms with Gasteiger partial charge in [0.05, 0.1) is 11.3 Å². The molecule has 1 fully saturated rings. The Morgan fingerprint density at radius 1 is 1.00 bits per heavy atom. The number of carbonyl (C=O) groups excluding carboxylic acids is 2. The molecule has 2 aliphatic heterocycles. The number of hydrogen-bond donors (Lipinski definition) is 1. The standard InChI is InChI=1S/C28H30N4O2S/c33-26(30-22-14-18-31(19-15-22)20-21-8-2-1-3-9-21)13-7-17-32-24-11-4-5-12-25(24)35-27-23(28(32)34)10-6-16-29-27/h1-6,8-12,16,22H,7,13-15,17-20H2,(H,30,33). The molecule has 6 nitrogen and oxygen atoms in total. The fourth-order valence-electron chi connectivity index (χ4n) is 4.76. The van der Waals surface area contributed by atoms with Crippen LogP contribution >= 0.6 is 11.8 Å². The molecule has 0 atom stereocenters. The molecule has 35 heavy (non-hydrogen) atoms. The van der Waals surface area contributed by atoms with Gasteiger partial charge in [-0.05, 0) is 49.1 Å². The van der Waals surface area contributed by atoms with Crippen molar-refractivity contribution in [3.05, 3.63) is 84.1 Å². The SMILES string of the molecule is O=C(CCCN1C(=O)c2cccnc2Sc2ccccc21)NC1CCN(Cc2ccccc2)CC1. The minimum atomic E-state index is -0.0586. The minimum absolute atomic E-state index is 0.0586. The molecular formula is C28H30N4O2S. The molecule has 0 saturated carbocycles. The fraction of sp³-hybridized carbons (Fsp3) is 0.321. The second-order valence-electron chi connectivity index (χ2n) is 9.09. The number of pyridine rings is 1. The third-order valence-corrected chi connectivity index (χ3v) is 7.68. The second kappa shape index (κ2) is 11.1. The average molecular weight is 487 g/mol. The zero-order valence-electron chi connectivity index (χ0n) is 19.7. The highest BCUT2D eigenvalue weighted by atomic mass is 32.2. The summed E-state index contributed by atoms with van der Waals surface area (Å²) in [5.74, 6) is 0.00949. The van der Waals surface area contributed by atoms with Gasteiger partial charge < -0.3 is 10.2 Å². The number of benzene rings is 2. The number of likely N-dealkylation sites (tertiary alicyclic amines) is 1. The summed E-state index contributed by atoms with van der Waals surface area (Å²) in [5.41, 5.74) is 2.82. The lowest BCUT2D eigenvalue weighted by molar-refractivity contribution is -0.122. The number of nitrogens with zero attached hydrogens (tertiary/aromatic N) is 3. The molecule has 2 aromatic carbocycles. The Morgan fingerprint density at radius 2 is 1.77 bits per heavy atom. The summed E-state index contributed by atoms with van der Waals surface area (Å²) < 4.78 is 0. The molecule has 3 heterocycles. The first-order chi connectivity index (χ1) is 17.2. The summed E-state index contributed by atoms with van der Waals surface area (Å²) in [6.45, 7) is 3.44. The molecule has 0 aliphatic carbocycles. The third kappa shape index (κ3) is 5.74. The molecule has 5 rings (SSSR count). The van der Waals surface area contributed by atoms with Gasteiger partial charge in [-0.15, -0.1) is 0 Å².